The molecular weight excluding hydrogens is 362 g/mol. The highest BCUT2D eigenvalue weighted by Gasteiger charge is 2.25. The van der Waals surface area contributed by atoms with Gasteiger partial charge in [-0.3, -0.25) is 4.68 Å². The SMILES string of the molecule is Cn1cc(-c2cc3c(cc2C(F)F)N(c2cnc4[nH]ccc4n2)CCC3)cn1. The Labute approximate surface area is 159 Å². The van der Waals surface area contributed by atoms with Gasteiger partial charge in [-0.25, -0.2) is 18.7 Å². The highest BCUT2D eigenvalue weighted by atomic mass is 19.3. The third-order valence-electron chi connectivity index (χ3n) is 5.14. The van der Waals surface area contributed by atoms with E-state index in [4.69, 9.17) is 0 Å². The van der Waals surface area contributed by atoms with Crippen molar-refractivity contribution in [3.63, 3.8) is 0 Å². The van der Waals surface area contributed by atoms with Crippen LogP contribution in [0, 0.1) is 0 Å². The van der Waals surface area contributed by atoms with Crippen molar-refractivity contribution in [1.29, 1.82) is 0 Å². The largest absolute Gasteiger partial charge is 0.345 e. The first kappa shape index (κ1) is 16.9. The van der Waals surface area contributed by atoms with Crippen molar-refractivity contribution in [1.82, 2.24) is 24.7 Å². The van der Waals surface area contributed by atoms with Crippen LogP contribution in [0.2, 0.25) is 0 Å². The predicted octanol–water partition coefficient (Wildman–Crippen LogP) is 4.38. The van der Waals surface area contributed by atoms with Crippen molar-refractivity contribution in [2.24, 2.45) is 7.05 Å². The number of hydrogen-bond acceptors (Lipinski definition) is 4. The highest BCUT2D eigenvalue weighted by Crippen LogP contribution is 2.40. The molecule has 1 aliphatic rings. The zero-order chi connectivity index (χ0) is 19.3. The molecule has 0 saturated heterocycles. The topological polar surface area (TPSA) is 62.6 Å². The van der Waals surface area contributed by atoms with E-state index in [1.165, 1.54) is 0 Å². The van der Waals surface area contributed by atoms with E-state index in [9.17, 15) is 8.78 Å². The third-order valence-corrected chi connectivity index (χ3v) is 5.14. The number of aromatic amines is 1. The van der Waals surface area contributed by atoms with Gasteiger partial charge in [-0.1, -0.05) is 0 Å². The molecule has 5 rings (SSSR count). The van der Waals surface area contributed by atoms with Crippen LogP contribution in [0.5, 0.6) is 0 Å². The fourth-order valence-electron chi connectivity index (χ4n) is 3.83. The molecule has 0 saturated carbocycles. The molecule has 28 heavy (non-hydrogen) atoms. The molecule has 0 bridgehead atoms. The number of nitrogens with one attached hydrogen (secondary N) is 1. The summed E-state index contributed by atoms with van der Waals surface area (Å²) in [5, 5.41) is 4.13. The van der Waals surface area contributed by atoms with Crippen molar-refractivity contribution in [3.05, 3.63) is 54.1 Å². The van der Waals surface area contributed by atoms with Crippen LogP contribution in [0.3, 0.4) is 0 Å². The van der Waals surface area contributed by atoms with Crippen LogP contribution >= 0.6 is 0 Å². The minimum Gasteiger partial charge on any atom is -0.345 e. The Kier molecular flexibility index (Phi) is 3.85. The van der Waals surface area contributed by atoms with E-state index in [0.29, 0.717) is 29.1 Å². The Bertz CT molecular complexity index is 1160. The Balaban J connectivity index is 1.65. The number of aryl methyl sites for hydroxylation is 2. The molecule has 0 spiro atoms. The van der Waals surface area contributed by atoms with Gasteiger partial charge < -0.3 is 9.88 Å². The maximum atomic E-state index is 13.9. The second-order valence-corrected chi connectivity index (χ2v) is 6.97. The van der Waals surface area contributed by atoms with Crippen LogP contribution in [0.15, 0.2) is 43.0 Å². The average Bonchev–Trinajstić information content (AvgIpc) is 3.34. The Morgan fingerprint density at radius 3 is 2.89 bits per heavy atom. The molecule has 6 nitrogen and oxygen atoms in total. The van der Waals surface area contributed by atoms with Crippen molar-refractivity contribution in [2.45, 2.75) is 19.3 Å². The second kappa shape index (κ2) is 6.40. The number of rotatable bonds is 3. The summed E-state index contributed by atoms with van der Waals surface area (Å²) in [6.07, 6.45) is 6.03. The van der Waals surface area contributed by atoms with Gasteiger partial charge in [-0.2, -0.15) is 5.10 Å². The minimum absolute atomic E-state index is 0.00864. The van der Waals surface area contributed by atoms with E-state index in [1.54, 1.807) is 42.6 Å². The summed E-state index contributed by atoms with van der Waals surface area (Å²) in [5.74, 6) is 0.669. The molecule has 0 unspecified atom stereocenters. The molecule has 4 aromatic rings. The van der Waals surface area contributed by atoms with E-state index < -0.39 is 6.43 Å². The van der Waals surface area contributed by atoms with Crippen LogP contribution < -0.4 is 4.90 Å². The molecule has 0 atom stereocenters. The fraction of sp³-hybridized carbons (Fsp3) is 0.250. The van der Waals surface area contributed by atoms with E-state index in [1.807, 2.05) is 17.0 Å². The number of halogens is 2. The molecule has 8 heteroatoms. The van der Waals surface area contributed by atoms with Gasteiger partial charge in [0.15, 0.2) is 11.5 Å². The van der Waals surface area contributed by atoms with Crippen LogP contribution in [-0.4, -0.2) is 31.3 Å². The summed E-state index contributed by atoms with van der Waals surface area (Å²) in [7, 11) is 1.78. The van der Waals surface area contributed by atoms with Gasteiger partial charge in [0.25, 0.3) is 6.43 Å². The molecule has 0 aliphatic carbocycles. The first-order valence-corrected chi connectivity index (χ1v) is 9.12. The lowest BCUT2D eigenvalue weighted by Crippen LogP contribution is -2.26. The molecular formula is C20H18F2N6. The van der Waals surface area contributed by atoms with Crippen LogP contribution in [0.1, 0.15) is 24.0 Å². The summed E-state index contributed by atoms with van der Waals surface area (Å²) >= 11 is 0. The molecule has 0 amide bonds. The predicted molar refractivity (Wildman–Crippen MR) is 103 cm³/mol. The van der Waals surface area contributed by atoms with Gasteiger partial charge in [-0.15, -0.1) is 0 Å². The van der Waals surface area contributed by atoms with E-state index in [2.05, 4.69) is 20.1 Å². The number of hydrogen-bond donors (Lipinski definition) is 1. The number of alkyl halides is 2. The number of aromatic nitrogens is 5. The van der Waals surface area contributed by atoms with Gasteiger partial charge in [0.2, 0.25) is 0 Å². The summed E-state index contributed by atoms with van der Waals surface area (Å²) in [6.45, 7) is 0.715. The monoisotopic (exact) mass is 380 g/mol. The van der Waals surface area contributed by atoms with Gasteiger partial charge >= 0.3 is 0 Å². The van der Waals surface area contributed by atoms with E-state index >= 15 is 0 Å². The lowest BCUT2D eigenvalue weighted by molar-refractivity contribution is 0.152. The number of H-pyrrole nitrogens is 1. The highest BCUT2D eigenvalue weighted by molar-refractivity contribution is 5.78. The molecule has 4 heterocycles. The Hall–Kier alpha value is -3.29. The third kappa shape index (κ3) is 2.72. The molecule has 3 aromatic heterocycles. The van der Waals surface area contributed by atoms with E-state index in [-0.39, 0.29) is 5.56 Å². The zero-order valence-corrected chi connectivity index (χ0v) is 15.2. The summed E-state index contributed by atoms with van der Waals surface area (Å²) in [6, 6.07) is 5.33. The Morgan fingerprint density at radius 2 is 2.11 bits per heavy atom. The second-order valence-electron chi connectivity index (χ2n) is 6.97. The standard InChI is InChI=1S/C20H18F2N6/c1-27-11-13(9-25-27)14-7-12-3-2-6-28(17(12)8-15(14)19(21)22)18-10-24-20-16(26-18)4-5-23-20/h4-5,7-11,19H,2-3,6H2,1H3,(H,23,24). The minimum atomic E-state index is -2.58. The zero-order valence-electron chi connectivity index (χ0n) is 15.2. The number of benzene rings is 1. The molecule has 142 valence electrons. The smallest absolute Gasteiger partial charge is 0.264 e. The van der Waals surface area contributed by atoms with Gasteiger partial charge in [-0.05, 0) is 42.2 Å². The number of nitrogens with zero attached hydrogens (tertiary/aromatic N) is 5. The van der Waals surface area contributed by atoms with Gasteiger partial charge in [0.05, 0.1) is 12.4 Å². The van der Waals surface area contributed by atoms with Crippen LogP contribution in [0.4, 0.5) is 20.3 Å². The average molecular weight is 380 g/mol. The van der Waals surface area contributed by atoms with Crippen molar-refractivity contribution in [2.75, 3.05) is 11.4 Å². The first-order valence-electron chi connectivity index (χ1n) is 9.12. The lowest BCUT2D eigenvalue weighted by Gasteiger charge is -2.31. The molecule has 1 aromatic carbocycles. The van der Waals surface area contributed by atoms with E-state index in [0.717, 1.165) is 29.6 Å². The van der Waals surface area contributed by atoms with Gasteiger partial charge in [0, 0.05) is 42.8 Å². The van der Waals surface area contributed by atoms with Crippen molar-refractivity contribution in [3.8, 4) is 11.1 Å². The lowest BCUT2D eigenvalue weighted by atomic mass is 9.93. The normalized spacial score (nSPS) is 14.1. The van der Waals surface area contributed by atoms with Gasteiger partial charge in [0.1, 0.15) is 5.52 Å². The summed E-state index contributed by atoms with van der Waals surface area (Å²) < 4.78 is 29.4. The number of anilines is 2. The number of fused-ring (bicyclic) bond motifs is 2. The van der Waals surface area contributed by atoms with Crippen molar-refractivity contribution < 1.29 is 8.78 Å². The summed E-state index contributed by atoms with van der Waals surface area (Å²) in [4.78, 5) is 14.0. The maximum absolute atomic E-state index is 13.9. The summed E-state index contributed by atoms with van der Waals surface area (Å²) in [5.41, 5.74) is 4.52. The van der Waals surface area contributed by atoms with Crippen molar-refractivity contribution >= 4 is 22.7 Å². The van der Waals surface area contributed by atoms with Crippen LogP contribution in [-0.2, 0) is 13.5 Å². The molecule has 0 radical (unpaired) electrons. The van der Waals surface area contributed by atoms with Crippen LogP contribution in [0.25, 0.3) is 22.3 Å². The Morgan fingerprint density at radius 1 is 1.21 bits per heavy atom. The quantitative estimate of drug-likeness (QED) is 0.573. The molecule has 1 N–H and O–H groups in total. The maximum Gasteiger partial charge on any atom is 0.264 e. The first-order chi connectivity index (χ1) is 13.6. The molecule has 0 fully saturated rings. The fourth-order valence-corrected chi connectivity index (χ4v) is 3.83. The molecule has 1 aliphatic heterocycles.